The zero-order valence-electron chi connectivity index (χ0n) is 19.0. The van der Waals surface area contributed by atoms with E-state index in [1.165, 1.54) is 0 Å². The molecule has 3 heterocycles. The van der Waals surface area contributed by atoms with Gasteiger partial charge in [0.25, 0.3) is 0 Å². The van der Waals surface area contributed by atoms with Crippen molar-refractivity contribution in [2.45, 2.75) is 32.2 Å². The molecule has 2 aromatic heterocycles. The third kappa shape index (κ3) is 4.58. The van der Waals surface area contributed by atoms with Crippen LogP contribution in [0, 0.1) is 0 Å². The summed E-state index contributed by atoms with van der Waals surface area (Å²) in [6.07, 6.45) is 8.29. The van der Waals surface area contributed by atoms with E-state index < -0.39 is 0 Å². The number of hydrogen-bond acceptors (Lipinski definition) is 7. The molecule has 0 spiro atoms. The first-order chi connectivity index (χ1) is 16.2. The van der Waals surface area contributed by atoms with Gasteiger partial charge in [-0.25, -0.2) is 19.9 Å². The van der Waals surface area contributed by atoms with E-state index in [1.54, 1.807) is 19.5 Å². The highest BCUT2D eigenvalue weighted by molar-refractivity contribution is 5.98. The Bertz CT molecular complexity index is 1240. The van der Waals surface area contributed by atoms with E-state index >= 15 is 0 Å². The highest BCUT2D eigenvalue weighted by Crippen LogP contribution is 2.34. The molecule has 4 aromatic rings. The van der Waals surface area contributed by atoms with Gasteiger partial charge in [0.05, 0.1) is 12.8 Å². The number of nitrogens with zero attached hydrogens (tertiary/aromatic N) is 5. The summed E-state index contributed by atoms with van der Waals surface area (Å²) in [4.78, 5) is 20.2. The lowest BCUT2D eigenvalue weighted by atomic mass is 10.00. The molecule has 168 valence electrons. The number of rotatable bonds is 6. The fourth-order valence-electron chi connectivity index (χ4n) is 4.36. The SMILES string of the molecule is CCc1nccc(-c2cc(NC3CCN(c4ncccn4)CC3)c3cc(OC)ccc3c2)n1. The number of methoxy groups -OCH3 is 1. The Morgan fingerprint density at radius 1 is 1.00 bits per heavy atom. The molecule has 1 fully saturated rings. The molecule has 0 unspecified atom stereocenters. The van der Waals surface area contributed by atoms with E-state index in [4.69, 9.17) is 9.72 Å². The van der Waals surface area contributed by atoms with Crippen LogP contribution in [0.4, 0.5) is 11.6 Å². The second kappa shape index (κ2) is 9.40. The maximum Gasteiger partial charge on any atom is 0.225 e. The highest BCUT2D eigenvalue weighted by atomic mass is 16.5. The Labute approximate surface area is 193 Å². The second-order valence-corrected chi connectivity index (χ2v) is 8.28. The predicted molar refractivity (Wildman–Crippen MR) is 132 cm³/mol. The topological polar surface area (TPSA) is 76.1 Å². The number of aromatic nitrogens is 4. The van der Waals surface area contributed by atoms with Crippen molar-refractivity contribution in [3.8, 4) is 17.0 Å². The van der Waals surface area contributed by atoms with Gasteiger partial charge in [-0.3, -0.25) is 0 Å². The Balaban J connectivity index is 1.44. The first-order valence-electron chi connectivity index (χ1n) is 11.5. The number of hydrogen-bond donors (Lipinski definition) is 1. The molecule has 1 aliphatic heterocycles. The van der Waals surface area contributed by atoms with E-state index in [1.807, 2.05) is 24.4 Å². The standard InChI is InChI=1S/C26H28N6O/c1-3-25-27-12-7-23(31-25)19-15-18-5-6-21(33-2)17-22(18)24(16-19)30-20-8-13-32(14-9-20)26-28-10-4-11-29-26/h4-7,10-12,15-17,20,30H,3,8-9,13-14H2,1-2H3. The number of fused-ring (bicyclic) bond motifs is 1. The molecule has 5 rings (SSSR count). The van der Waals surface area contributed by atoms with Crippen molar-refractivity contribution < 1.29 is 4.74 Å². The van der Waals surface area contributed by atoms with E-state index in [2.05, 4.69) is 56.4 Å². The van der Waals surface area contributed by atoms with Gasteiger partial charge in [-0.05, 0) is 54.6 Å². The largest absolute Gasteiger partial charge is 0.497 e. The van der Waals surface area contributed by atoms with Crippen LogP contribution in [0.3, 0.4) is 0 Å². The third-order valence-corrected chi connectivity index (χ3v) is 6.17. The number of ether oxygens (including phenoxy) is 1. The smallest absolute Gasteiger partial charge is 0.225 e. The molecule has 1 N–H and O–H groups in total. The van der Waals surface area contributed by atoms with Crippen LogP contribution in [0.5, 0.6) is 5.75 Å². The molecule has 0 radical (unpaired) electrons. The Hall–Kier alpha value is -3.74. The molecule has 7 nitrogen and oxygen atoms in total. The van der Waals surface area contributed by atoms with Crippen molar-refractivity contribution in [2.75, 3.05) is 30.4 Å². The van der Waals surface area contributed by atoms with E-state index in [9.17, 15) is 0 Å². The number of nitrogens with one attached hydrogen (secondary N) is 1. The lowest BCUT2D eigenvalue weighted by Crippen LogP contribution is -2.39. The monoisotopic (exact) mass is 440 g/mol. The molecule has 0 saturated carbocycles. The molecule has 0 amide bonds. The highest BCUT2D eigenvalue weighted by Gasteiger charge is 2.21. The van der Waals surface area contributed by atoms with Gasteiger partial charge < -0.3 is 15.0 Å². The minimum absolute atomic E-state index is 0.367. The van der Waals surface area contributed by atoms with Crippen molar-refractivity contribution in [1.82, 2.24) is 19.9 Å². The molecule has 33 heavy (non-hydrogen) atoms. The molecular formula is C26H28N6O. The summed E-state index contributed by atoms with van der Waals surface area (Å²) in [7, 11) is 1.71. The van der Waals surface area contributed by atoms with Crippen LogP contribution in [-0.2, 0) is 6.42 Å². The van der Waals surface area contributed by atoms with Crippen molar-refractivity contribution in [3.63, 3.8) is 0 Å². The summed E-state index contributed by atoms with van der Waals surface area (Å²) in [5.74, 6) is 2.51. The van der Waals surface area contributed by atoms with Crippen LogP contribution in [0.15, 0.2) is 61.1 Å². The number of anilines is 2. The molecule has 2 aromatic carbocycles. The van der Waals surface area contributed by atoms with Crippen LogP contribution >= 0.6 is 0 Å². The van der Waals surface area contributed by atoms with Gasteiger partial charge in [-0.15, -0.1) is 0 Å². The Kier molecular flexibility index (Phi) is 6.02. The summed E-state index contributed by atoms with van der Waals surface area (Å²) in [5.41, 5.74) is 3.13. The summed E-state index contributed by atoms with van der Waals surface area (Å²) in [6, 6.07) is 14.8. The molecule has 1 aliphatic rings. The molecular weight excluding hydrogens is 412 g/mol. The number of aryl methyl sites for hydroxylation is 1. The van der Waals surface area contributed by atoms with E-state index in [-0.39, 0.29) is 0 Å². The minimum Gasteiger partial charge on any atom is -0.497 e. The Morgan fingerprint density at radius 3 is 2.58 bits per heavy atom. The summed E-state index contributed by atoms with van der Waals surface area (Å²) >= 11 is 0. The summed E-state index contributed by atoms with van der Waals surface area (Å²) < 4.78 is 5.51. The summed E-state index contributed by atoms with van der Waals surface area (Å²) in [6.45, 7) is 3.93. The maximum absolute atomic E-state index is 5.51. The van der Waals surface area contributed by atoms with Crippen molar-refractivity contribution >= 4 is 22.4 Å². The average Bonchev–Trinajstić information content (AvgIpc) is 2.89. The van der Waals surface area contributed by atoms with Gasteiger partial charge in [0, 0.05) is 60.8 Å². The van der Waals surface area contributed by atoms with Gasteiger partial charge in [-0.1, -0.05) is 13.0 Å². The second-order valence-electron chi connectivity index (χ2n) is 8.28. The van der Waals surface area contributed by atoms with Gasteiger partial charge in [0.2, 0.25) is 5.95 Å². The lowest BCUT2D eigenvalue weighted by Gasteiger charge is -2.33. The zero-order valence-corrected chi connectivity index (χ0v) is 19.0. The molecule has 0 atom stereocenters. The first-order valence-corrected chi connectivity index (χ1v) is 11.5. The van der Waals surface area contributed by atoms with E-state index in [0.717, 1.165) is 77.6 Å². The lowest BCUT2D eigenvalue weighted by molar-refractivity contribution is 0.415. The summed E-state index contributed by atoms with van der Waals surface area (Å²) in [5, 5.41) is 6.12. The normalized spacial score (nSPS) is 14.4. The van der Waals surface area contributed by atoms with Crippen molar-refractivity contribution in [2.24, 2.45) is 0 Å². The van der Waals surface area contributed by atoms with Gasteiger partial charge in [0.1, 0.15) is 11.6 Å². The van der Waals surface area contributed by atoms with Gasteiger partial charge in [0.15, 0.2) is 0 Å². The molecule has 0 aliphatic carbocycles. The van der Waals surface area contributed by atoms with Gasteiger partial charge >= 0.3 is 0 Å². The van der Waals surface area contributed by atoms with Crippen LogP contribution in [0.2, 0.25) is 0 Å². The molecule has 0 bridgehead atoms. The zero-order chi connectivity index (χ0) is 22.6. The fourth-order valence-corrected chi connectivity index (χ4v) is 4.36. The van der Waals surface area contributed by atoms with Crippen LogP contribution in [0.1, 0.15) is 25.6 Å². The number of benzene rings is 2. The predicted octanol–water partition coefficient (Wildman–Crippen LogP) is 4.74. The van der Waals surface area contributed by atoms with Crippen LogP contribution in [0.25, 0.3) is 22.0 Å². The van der Waals surface area contributed by atoms with Crippen LogP contribution < -0.4 is 15.0 Å². The number of piperidine rings is 1. The fraction of sp³-hybridized carbons (Fsp3) is 0.308. The van der Waals surface area contributed by atoms with E-state index in [0.29, 0.717) is 6.04 Å². The van der Waals surface area contributed by atoms with Crippen molar-refractivity contribution in [1.29, 1.82) is 0 Å². The van der Waals surface area contributed by atoms with Gasteiger partial charge in [-0.2, -0.15) is 0 Å². The van der Waals surface area contributed by atoms with Crippen LogP contribution in [-0.4, -0.2) is 46.2 Å². The third-order valence-electron chi connectivity index (χ3n) is 6.17. The quantitative estimate of drug-likeness (QED) is 0.464. The molecule has 1 saturated heterocycles. The first kappa shape index (κ1) is 21.1. The Morgan fingerprint density at radius 2 is 1.82 bits per heavy atom. The minimum atomic E-state index is 0.367. The maximum atomic E-state index is 5.51. The molecule has 7 heteroatoms. The average molecular weight is 441 g/mol. The van der Waals surface area contributed by atoms with Crippen molar-refractivity contribution in [3.05, 3.63) is 66.9 Å².